The lowest BCUT2D eigenvalue weighted by Crippen LogP contribution is -2.51. The van der Waals surface area contributed by atoms with Crippen LogP contribution in [0, 0.1) is 0 Å². The molecular formula is C22H28NO6-. The summed E-state index contributed by atoms with van der Waals surface area (Å²) in [7, 11) is 0. The highest BCUT2D eigenvalue weighted by Crippen LogP contribution is 2.24. The first-order valence-corrected chi connectivity index (χ1v) is 10.1. The van der Waals surface area contributed by atoms with E-state index in [4.69, 9.17) is 9.15 Å². The third kappa shape index (κ3) is 6.34. The number of carbonyl (C=O) groups excluding carboxylic acids is 2. The average molecular weight is 402 g/mol. The second-order valence-electron chi connectivity index (χ2n) is 7.13. The summed E-state index contributed by atoms with van der Waals surface area (Å²) < 4.78 is 10.9. The van der Waals surface area contributed by atoms with Crippen molar-refractivity contribution in [3.63, 3.8) is 0 Å². The Hall–Kier alpha value is -2.83. The third-order valence-corrected chi connectivity index (χ3v) is 4.73. The van der Waals surface area contributed by atoms with Crippen molar-refractivity contribution in [2.24, 2.45) is 0 Å². The van der Waals surface area contributed by atoms with Crippen LogP contribution in [0.15, 0.2) is 33.5 Å². The van der Waals surface area contributed by atoms with Gasteiger partial charge in [0.15, 0.2) is 6.10 Å². The highest BCUT2D eigenvalue weighted by Gasteiger charge is 2.20. The maximum absolute atomic E-state index is 12.3. The number of nitrogens with one attached hydrogen (secondary N) is 1. The number of carbonyl (C=O) groups is 2. The summed E-state index contributed by atoms with van der Waals surface area (Å²) >= 11 is 0. The van der Waals surface area contributed by atoms with Gasteiger partial charge in [0.25, 0.3) is 5.91 Å². The number of carboxylic acid groups (broad SMARTS) is 1. The van der Waals surface area contributed by atoms with Gasteiger partial charge in [-0.05, 0) is 43.9 Å². The average Bonchev–Trinajstić information content (AvgIpc) is 2.68. The zero-order chi connectivity index (χ0) is 21.4. The molecule has 2 aromatic rings. The van der Waals surface area contributed by atoms with E-state index in [1.807, 2.05) is 6.92 Å². The van der Waals surface area contributed by atoms with E-state index >= 15 is 0 Å². The van der Waals surface area contributed by atoms with Gasteiger partial charge in [-0.25, -0.2) is 4.79 Å². The molecule has 0 unspecified atom stereocenters. The number of carboxylic acids is 1. The lowest BCUT2D eigenvalue weighted by molar-refractivity contribution is -0.308. The van der Waals surface area contributed by atoms with Crippen LogP contribution in [0.5, 0.6) is 5.75 Å². The number of hydrogen-bond acceptors (Lipinski definition) is 6. The number of aryl methyl sites for hydroxylation is 1. The third-order valence-electron chi connectivity index (χ3n) is 4.73. The molecule has 0 radical (unpaired) electrons. The minimum atomic E-state index is -1.31. The molecule has 1 amide bonds. The Labute approximate surface area is 170 Å². The molecule has 2 atom stereocenters. The van der Waals surface area contributed by atoms with E-state index in [9.17, 15) is 19.5 Å². The number of rotatable bonds is 11. The summed E-state index contributed by atoms with van der Waals surface area (Å²) in [5.41, 5.74) is 0.881. The SMILES string of the molecule is CCCCc1cc(=O)oc2cc(O[C@@H](C)C(=O)N[C@H](CCCC)C(=O)[O-])ccc12. The van der Waals surface area contributed by atoms with Gasteiger partial charge in [0, 0.05) is 17.5 Å². The van der Waals surface area contributed by atoms with Crippen LogP contribution in [0.25, 0.3) is 11.0 Å². The molecule has 1 heterocycles. The predicted octanol–water partition coefficient (Wildman–Crippen LogP) is 2.33. The second-order valence-corrected chi connectivity index (χ2v) is 7.13. The Kier molecular flexibility index (Phi) is 8.24. The topological polar surface area (TPSA) is 109 Å². The predicted molar refractivity (Wildman–Crippen MR) is 108 cm³/mol. The van der Waals surface area contributed by atoms with E-state index in [1.165, 1.54) is 13.0 Å². The molecule has 29 heavy (non-hydrogen) atoms. The molecule has 158 valence electrons. The molecule has 0 aliphatic rings. The molecule has 0 aliphatic carbocycles. The monoisotopic (exact) mass is 402 g/mol. The van der Waals surface area contributed by atoms with Crippen LogP contribution in [0.1, 0.15) is 58.4 Å². The first-order chi connectivity index (χ1) is 13.8. The molecular weight excluding hydrogens is 374 g/mol. The number of fused-ring (bicyclic) bond motifs is 1. The Morgan fingerprint density at radius 1 is 1.17 bits per heavy atom. The first kappa shape index (κ1) is 22.5. The van der Waals surface area contributed by atoms with Crippen molar-refractivity contribution in [2.45, 2.75) is 71.4 Å². The highest BCUT2D eigenvalue weighted by molar-refractivity contribution is 5.86. The lowest BCUT2D eigenvalue weighted by atomic mass is 10.0. The fourth-order valence-corrected chi connectivity index (χ4v) is 3.06. The number of aliphatic carboxylic acids is 1. The van der Waals surface area contributed by atoms with E-state index in [1.54, 1.807) is 18.2 Å². The first-order valence-electron chi connectivity index (χ1n) is 10.1. The summed E-state index contributed by atoms with van der Waals surface area (Å²) in [6, 6.07) is 5.53. The Morgan fingerprint density at radius 3 is 2.55 bits per heavy atom. The molecule has 7 heteroatoms. The van der Waals surface area contributed by atoms with Gasteiger partial charge in [-0.2, -0.15) is 0 Å². The molecule has 2 rings (SSSR count). The zero-order valence-corrected chi connectivity index (χ0v) is 17.2. The van der Waals surface area contributed by atoms with Crippen LogP contribution in [-0.4, -0.2) is 24.0 Å². The van der Waals surface area contributed by atoms with E-state index in [0.717, 1.165) is 36.6 Å². The molecule has 1 aromatic heterocycles. The molecule has 0 saturated carbocycles. The summed E-state index contributed by atoms with van der Waals surface area (Å²) in [5.74, 6) is -1.51. The quantitative estimate of drug-likeness (QED) is 0.578. The molecule has 0 aliphatic heterocycles. The van der Waals surface area contributed by atoms with Gasteiger partial charge < -0.3 is 24.4 Å². The van der Waals surface area contributed by atoms with Crippen molar-refractivity contribution in [1.82, 2.24) is 5.32 Å². The Bertz CT molecular complexity index is 904. The minimum Gasteiger partial charge on any atom is -0.548 e. The maximum atomic E-state index is 12.3. The van der Waals surface area contributed by atoms with Crippen molar-refractivity contribution in [2.75, 3.05) is 0 Å². The van der Waals surface area contributed by atoms with Crippen molar-refractivity contribution >= 4 is 22.8 Å². The largest absolute Gasteiger partial charge is 0.548 e. The number of benzene rings is 1. The van der Waals surface area contributed by atoms with Crippen LogP contribution in [0.2, 0.25) is 0 Å². The second kappa shape index (κ2) is 10.6. The van der Waals surface area contributed by atoms with Gasteiger partial charge in [0.2, 0.25) is 0 Å². The van der Waals surface area contributed by atoms with Crippen molar-refractivity contribution in [3.05, 3.63) is 40.2 Å². The molecule has 1 N–H and O–H groups in total. The summed E-state index contributed by atoms with van der Waals surface area (Å²) in [5, 5.41) is 14.5. The van der Waals surface area contributed by atoms with Gasteiger partial charge in [0.1, 0.15) is 11.3 Å². The van der Waals surface area contributed by atoms with E-state index < -0.39 is 29.6 Å². The number of ether oxygens (including phenoxy) is 1. The van der Waals surface area contributed by atoms with Crippen LogP contribution < -0.4 is 20.8 Å². The molecule has 1 aromatic carbocycles. The molecule has 0 saturated heterocycles. The van der Waals surface area contributed by atoms with Gasteiger partial charge in [0.05, 0.1) is 12.0 Å². The van der Waals surface area contributed by atoms with E-state index in [-0.39, 0.29) is 0 Å². The van der Waals surface area contributed by atoms with Crippen LogP contribution >= 0.6 is 0 Å². The fraction of sp³-hybridized carbons (Fsp3) is 0.500. The van der Waals surface area contributed by atoms with Gasteiger partial charge >= 0.3 is 5.63 Å². The van der Waals surface area contributed by atoms with Crippen molar-refractivity contribution in [3.8, 4) is 5.75 Å². The van der Waals surface area contributed by atoms with E-state index in [2.05, 4.69) is 12.2 Å². The normalized spacial score (nSPS) is 13.1. The molecule has 0 fully saturated rings. The molecule has 7 nitrogen and oxygen atoms in total. The molecule has 0 spiro atoms. The van der Waals surface area contributed by atoms with Gasteiger partial charge in [-0.15, -0.1) is 0 Å². The fourth-order valence-electron chi connectivity index (χ4n) is 3.06. The van der Waals surface area contributed by atoms with Crippen LogP contribution in [0.3, 0.4) is 0 Å². The summed E-state index contributed by atoms with van der Waals surface area (Å²) in [6.07, 6.45) is 3.61. The highest BCUT2D eigenvalue weighted by atomic mass is 16.5. The lowest BCUT2D eigenvalue weighted by Gasteiger charge is -2.22. The standard InChI is InChI=1S/C22H29NO6/c1-4-6-8-15-12-20(24)29-19-13-16(10-11-17(15)19)28-14(3)21(25)23-18(22(26)27)9-7-5-2/h10-14,18H,4-9H2,1-3H3,(H,23,25)(H,26,27)/p-1/t14-,18+/m0/s1. The van der Waals surface area contributed by atoms with Crippen LogP contribution in [0.4, 0.5) is 0 Å². The smallest absolute Gasteiger partial charge is 0.336 e. The number of unbranched alkanes of at least 4 members (excludes halogenated alkanes) is 2. The zero-order valence-electron chi connectivity index (χ0n) is 17.2. The van der Waals surface area contributed by atoms with E-state index in [0.29, 0.717) is 24.2 Å². The Morgan fingerprint density at radius 2 is 1.90 bits per heavy atom. The summed E-state index contributed by atoms with van der Waals surface area (Å²) in [4.78, 5) is 35.4. The maximum Gasteiger partial charge on any atom is 0.336 e. The number of hydrogen-bond donors (Lipinski definition) is 1. The van der Waals surface area contributed by atoms with Crippen molar-refractivity contribution in [1.29, 1.82) is 0 Å². The summed E-state index contributed by atoms with van der Waals surface area (Å²) in [6.45, 7) is 5.55. The van der Waals surface area contributed by atoms with Gasteiger partial charge in [-0.3, -0.25) is 4.79 Å². The van der Waals surface area contributed by atoms with Gasteiger partial charge in [-0.1, -0.05) is 33.1 Å². The van der Waals surface area contributed by atoms with Crippen molar-refractivity contribution < 1.29 is 23.8 Å². The Balaban J connectivity index is 2.13. The van der Waals surface area contributed by atoms with Crippen LogP contribution in [-0.2, 0) is 16.0 Å². The number of amides is 1. The minimum absolute atomic E-state index is 0.305. The molecule has 0 bridgehead atoms.